The van der Waals surface area contributed by atoms with Gasteiger partial charge in [-0.25, -0.2) is 0 Å². The fourth-order valence-electron chi connectivity index (χ4n) is 2.65. The molecule has 3 aromatic rings. The predicted octanol–water partition coefficient (Wildman–Crippen LogP) is 5.37. The van der Waals surface area contributed by atoms with Crippen molar-refractivity contribution in [1.82, 2.24) is 4.98 Å². The Labute approximate surface area is 129 Å². The van der Waals surface area contributed by atoms with Gasteiger partial charge in [-0.1, -0.05) is 41.9 Å². The van der Waals surface area contributed by atoms with Gasteiger partial charge in [0.05, 0.1) is 11.2 Å². The maximum absolute atomic E-state index is 6.22. The molecular formula is C18H17ClN2. The molecule has 0 saturated carbocycles. The summed E-state index contributed by atoms with van der Waals surface area (Å²) in [5, 5.41) is 5.30. The smallest absolute Gasteiger partial charge is 0.0934 e. The first kappa shape index (κ1) is 13.9. The molecule has 1 atom stereocenters. The van der Waals surface area contributed by atoms with Crippen LogP contribution in [0.2, 0.25) is 5.02 Å². The van der Waals surface area contributed by atoms with Crippen LogP contribution < -0.4 is 5.32 Å². The van der Waals surface area contributed by atoms with Gasteiger partial charge in [-0.05, 0) is 43.2 Å². The summed E-state index contributed by atoms with van der Waals surface area (Å²) in [7, 11) is 0. The molecule has 0 aliphatic rings. The van der Waals surface area contributed by atoms with Crippen LogP contribution in [0, 0.1) is 6.92 Å². The highest BCUT2D eigenvalue weighted by atomic mass is 35.5. The molecule has 106 valence electrons. The van der Waals surface area contributed by atoms with Crippen LogP contribution in [-0.4, -0.2) is 4.98 Å². The molecule has 1 N–H and O–H groups in total. The summed E-state index contributed by atoms with van der Waals surface area (Å²) >= 11 is 6.22. The number of nitrogens with one attached hydrogen (secondary N) is 1. The second-order valence-electron chi connectivity index (χ2n) is 5.25. The van der Waals surface area contributed by atoms with Gasteiger partial charge in [0.1, 0.15) is 0 Å². The quantitative estimate of drug-likeness (QED) is 0.703. The Bertz CT molecular complexity index is 783. The van der Waals surface area contributed by atoms with Gasteiger partial charge in [-0.15, -0.1) is 0 Å². The molecule has 0 fully saturated rings. The molecule has 1 heterocycles. The first-order chi connectivity index (χ1) is 10.1. The summed E-state index contributed by atoms with van der Waals surface area (Å²) in [5.74, 6) is 0. The highest BCUT2D eigenvalue weighted by Gasteiger charge is 2.11. The van der Waals surface area contributed by atoms with E-state index in [4.69, 9.17) is 11.6 Å². The minimum Gasteiger partial charge on any atom is -0.377 e. The first-order valence-electron chi connectivity index (χ1n) is 7.01. The molecule has 0 spiro atoms. The lowest BCUT2D eigenvalue weighted by Crippen LogP contribution is -2.08. The van der Waals surface area contributed by atoms with E-state index in [9.17, 15) is 0 Å². The third-order valence-electron chi connectivity index (χ3n) is 3.70. The number of aromatic nitrogens is 1. The van der Waals surface area contributed by atoms with Crippen molar-refractivity contribution in [3.63, 3.8) is 0 Å². The Balaban J connectivity index is 2.00. The van der Waals surface area contributed by atoms with Crippen molar-refractivity contribution in [1.29, 1.82) is 0 Å². The number of benzene rings is 2. The lowest BCUT2D eigenvalue weighted by molar-refractivity contribution is 0.875. The summed E-state index contributed by atoms with van der Waals surface area (Å²) in [5.41, 5.74) is 4.47. The van der Waals surface area contributed by atoms with Crippen molar-refractivity contribution in [2.24, 2.45) is 0 Å². The third kappa shape index (κ3) is 2.86. The number of fused-ring (bicyclic) bond motifs is 1. The second-order valence-corrected chi connectivity index (χ2v) is 5.69. The average Bonchev–Trinajstić information content (AvgIpc) is 2.47. The zero-order chi connectivity index (χ0) is 14.8. The summed E-state index contributed by atoms with van der Waals surface area (Å²) < 4.78 is 0. The maximum atomic E-state index is 6.22. The standard InChI is InChI=1S/C18H17ClN2/c1-12-6-3-4-8-16(12)13(2)21-17-11-15(19)10-14-7-5-9-20-18(14)17/h3-11,13,21H,1-2H3. The average molecular weight is 297 g/mol. The molecule has 2 aromatic carbocycles. The van der Waals surface area contributed by atoms with Crippen molar-refractivity contribution in [3.05, 3.63) is 70.9 Å². The van der Waals surface area contributed by atoms with Crippen molar-refractivity contribution in [3.8, 4) is 0 Å². The van der Waals surface area contributed by atoms with E-state index in [0.717, 1.165) is 21.6 Å². The van der Waals surface area contributed by atoms with E-state index in [0.29, 0.717) is 0 Å². The lowest BCUT2D eigenvalue weighted by Gasteiger charge is -2.19. The monoisotopic (exact) mass is 296 g/mol. The zero-order valence-electron chi connectivity index (χ0n) is 12.1. The first-order valence-corrected chi connectivity index (χ1v) is 7.39. The second kappa shape index (κ2) is 5.74. The Hall–Kier alpha value is -2.06. The lowest BCUT2D eigenvalue weighted by atomic mass is 10.0. The summed E-state index contributed by atoms with van der Waals surface area (Å²) in [6.45, 7) is 4.28. The van der Waals surface area contributed by atoms with Crippen LogP contribution in [-0.2, 0) is 0 Å². The molecule has 0 aliphatic heterocycles. The molecule has 21 heavy (non-hydrogen) atoms. The summed E-state index contributed by atoms with van der Waals surface area (Å²) in [4.78, 5) is 4.47. The van der Waals surface area contributed by atoms with Crippen LogP contribution in [0.4, 0.5) is 5.69 Å². The fourth-order valence-corrected chi connectivity index (χ4v) is 2.88. The van der Waals surface area contributed by atoms with E-state index in [1.165, 1.54) is 11.1 Å². The van der Waals surface area contributed by atoms with Gasteiger partial charge in [0.2, 0.25) is 0 Å². The molecule has 0 bridgehead atoms. The van der Waals surface area contributed by atoms with Crippen molar-refractivity contribution in [2.75, 3.05) is 5.32 Å². The van der Waals surface area contributed by atoms with Crippen LogP contribution in [0.15, 0.2) is 54.7 Å². The molecule has 3 heteroatoms. The molecule has 0 aliphatic carbocycles. The van der Waals surface area contributed by atoms with Gasteiger partial charge in [0.25, 0.3) is 0 Å². The molecule has 0 saturated heterocycles. The topological polar surface area (TPSA) is 24.9 Å². The highest BCUT2D eigenvalue weighted by molar-refractivity contribution is 6.31. The summed E-state index contributed by atoms with van der Waals surface area (Å²) in [6, 6.07) is 16.4. The van der Waals surface area contributed by atoms with E-state index in [1.807, 2.05) is 24.3 Å². The molecule has 0 radical (unpaired) electrons. The van der Waals surface area contributed by atoms with E-state index < -0.39 is 0 Å². The highest BCUT2D eigenvalue weighted by Crippen LogP contribution is 2.30. The molecule has 3 rings (SSSR count). The van der Waals surface area contributed by atoms with Gasteiger partial charge in [-0.3, -0.25) is 4.98 Å². The zero-order valence-corrected chi connectivity index (χ0v) is 12.9. The van der Waals surface area contributed by atoms with Crippen LogP contribution in [0.5, 0.6) is 0 Å². The number of rotatable bonds is 3. The Morgan fingerprint density at radius 1 is 1.10 bits per heavy atom. The SMILES string of the molecule is Cc1ccccc1C(C)Nc1cc(Cl)cc2cccnc12. The normalized spacial score (nSPS) is 12.3. The Kier molecular flexibility index (Phi) is 3.80. The van der Waals surface area contributed by atoms with Crippen molar-refractivity contribution in [2.45, 2.75) is 19.9 Å². The van der Waals surface area contributed by atoms with Crippen molar-refractivity contribution >= 4 is 28.2 Å². The summed E-state index contributed by atoms with van der Waals surface area (Å²) in [6.07, 6.45) is 1.81. The van der Waals surface area contributed by atoms with Gasteiger partial charge >= 0.3 is 0 Å². The van der Waals surface area contributed by atoms with E-state index in [2.05, 4.69) is 48.4 Å². The van der Waals surface area contributed by atoms with Gasteiger partial charge in [0.15, 0.2) is 0 Å². The number of hydrogen-bond acceptors (Lipinski definition) is 2. The van der Waals surface area contributed by atoms with Gasteiger partial charge < -0.3 is 5.32 Å². The van der Waals surface area contributed by atoms with E-state index in [-0.39, 0.29) is 6.04 Å². The Morgan fingerprint density at radius 2 is 1.90 bits per heavy atom. The third-order valence-corrected chi connectivity index (χ3v) is 3.91. The maximum Gasteiger partial charge on any atom is 0.0934 e. The van der Waals surface area contributed by atoms with Gasteiger partial charge in [-0.2, -0.15) is 0 Å². The number of halogens is 1. The van der Waals surface area contributed by atoms with Crippen molar-refractivity contribution < 1.29 is 0 Å². The van der Waals surface area contributed by atoms with Crippen LogP contribution in [0.25, 0.3) is 10.9 Å². The van der Waals surface area contributed by atoms with Gasteiger partial charge in [0, 0.05) is 22.6 Å². The molecular weight excluding hydrogens is 280 g/mol. The number of aryl methyl sites for hydroxylation is 1. The number of nitrogens with zero attached hydrogens (tertiary/aromatic N) is 1. The number of anilines is 1. The largest absolute Gasteiger partial charge is 0.377 e. The molecule has 1 aromatic heterocycles. The van der Waals surface area contributed by atoms with Crippen LogP contribution in [0.3, 0.4) is 0 Å². The fraction of sp³-hybridized carbons (Fsp3) is 0.167. The Morgan fingerprint density at radius 3 is 2.71 bits per heavy atom. The van der Waals surface area contributed by atoms with E-state index >= 15 is 0 Å². The van der Waals surface area contributed by atoms with Crippen LogP contribution in [0.1, 0.15) is 24.1 Å². The molecule has 2 nitrogen and oxygen atoms in total. The molecule has 0 amide bonds. The van der Waals surface area contributed by atoms with E-state index in [1.54, 1.807) is 6.20 Å². The predicted molar refractivity (Wildman–Crippen MR) is 90.0 cm³/mol. The minimum absolute atomic E-state index is 0.190. The number of pyridine rings is 1. The van der Waals surface area contributed by atoms with Crippen LogP contribution >= 0.6 is 11.6 Å². The minimum atomic E-state index is 0.190. The molecule has 1 unspecified atom stereocenters. The number of hydrogen-bond donors (Lipinski definition) is 1.